The van der Waals surface area contributed by atoms with E-state index in [0.29, 0.717) is 42.8 Å². The number of hydrogen-bond acceptors (Lipinski definition) is 7. The molecule has 2 aliphatic rings. The van der Waals surface area contributed by atoms with E-state index < -0.39 is 41.7 Å². The lowest BCUT2D eigenvalue weighted by molar-refractivity contribution is -0.164. The van der Waals surface area contributed by atoms with Crippen molar-refractivity contribution >= 4 is 35.3 Å². The number of anilines is 1. The predicted octanol–water partition coefficient (Wildman–Crippen LogP) is 1.88. The molecule has 2 saturated heterocycles. The third kappa shape index (κ3) is 6.69. The van der Waals surface area contributed by atoms with Crippen LogP contribution in [0.4, 0.5) is 5.69 Å². The molecule has 0 aromatic heterocycles. The van der Waals surface area contributed by atoms with Gasteiger partial charge in [-0.1, -0.05) is 26.8 Å². The topological polar surface area (TPSA) is 143 Å². The van der Waals surface area contributed by atoms with Gasteiger partial charge in [-0.25, -0.2) is 0 Å². The number of ether oxygens (including phenoxy) is 2. The Bertz CT molecular complexity index is 1100. The molecule has 0 radical (unpaired) electrons. The number of cyclic esters (lactones) is 1. The molecule has 3 N–H and O–H groups in total. The summed E-state index contributed by atoms with van der Waals surface area (Å²) in [6.07, 6.45) is 0.220. The van der Waals surface area contributed by atoms with E-state index in [1.165, 1.54) is 11.8 Å². The lowest BCUT2D eigenvalue weighted by Crippen LogP contribution is -2.58. The van der Waals surface area contributed by atoms with Gasteiger partial charge in [-0.05, 0) is 49.8 Å². The maximum atomic E-state index is 13.8. The first-order valence-electron chi connectivity index (χ1n) is 12.9. The van der Waals surface area contributed by atoms with Crippen molar-refractivity contribution in [2.45, 2.75) is 85.2 Å². The molecule has 3 rings (SSSR count). The van der Waals surface area contributed by atoms with Crippen LogP contribution in [-0.2, 0) is 28.7 Å². The third-order valence-electron chi connectivity index (χ3n) is 6.74. The summed E-state index contributed by atoms with van der Waals surface area (Å²) in [6, 6.07) is 2.70. The summed E-state index contributed by atoms with van der Waals surface area (Å²) >= 11 is 0. The van der Waals surface area contributed by atoms with Crippen molar-refractivity contribution in [2.24, 2.45) is 5.41 Å². The molecule has 4 amide bonds. The number of hydrogen-bond donors (Lipinski definition) is 3. The second-order valence-electron chi connectivity index (χ2n) is 10.8. The maximum Gasteiger partial charge on any atom is 0.310 e. The second-order valence-corrected chi connectivity index (χ2v) is 10.8. The van der Waals surface area contributed by atoms with Gasteiger partial charge in [0, 0.05) is 31.3 Å². The summed E-state index contributed by atoms with van der Waals surface area (Å²) in [5.74, 6) is -1.92. The molecule has 0 bridgehead atoms. The molecule has 2 aliphatic heterocycles. The Morgan fingerprint density at radius 1 is 1.21 bits per heavy atom. The smallest absolute Gasteiger partial charge is 0.310 e. The van der Waals surface area contributed by atoms with Crippen molar-refractivity contribution in [3.63, 3.8) is 0 Å². The van der Waals surface area contributed by atoms with Gasteiger partial charge in [-0.3, -0.25) is 24.0 Å². The zero-order valence-electron chi connectivity index (χ0n) is 22.9. The van der Waals surface area contributed by atoms with Crippen molar-refractivity contribution < 1.29 is 33.4 Å². The fraction of sp³-hybridized carbons (Fsp3) is 0.593. The standard InChI is InChI=1S/C27H38N4O7/c1-7-37-26-19(14-21(33)38-26)29-24(35)20-12-9-13-31(20)25(36)22(27(4,5)6)30-23(34)17-10-8-11-18(15(17)2)28-16(3)32/h8,10-11,19-20,22,26H,7,9,12-14H2,1-6H3,(H,28,32)(H,29,35)(H,30,34)/t19-,20-,22+,26+/m0/s1. The molecule has 2 fully saturated rings. The van der Waals surface area contributed by atoms with E-state index in [1.807, 2.05) is 20.8 Å². The van der Waals surface area contributed by atoms with Crippen molar-refractivity contribution in [1.29, 1.82) is 0 Å². The zero-order chi connectivity index (χ0) is 28.2. The van der Waals surface area contributed by atoms with Crippen LogP contribution in [0.15, 0.2) is 18.2 Å². The third-order valence-corrected chi connectivity index (χ3v) is 6.74. The highest BCUT2D eigenvalue weighted by Gasteiger charge is 2.44. The Morgan fingerprint density at radius 3 is 2.55 bits per heavy atom. The first kappa shape index (κ1) is 29.1. The molecule has 11 heteroatoms. The minimum absolute atomic E-state index is 0.00531. The molecule has 0 unspecified atom stereocenters. The first-order chi connectivity index (χ1) is 17.8. The SMILES string of the molecule is CCO[C@@H]1OC(=O)C[C@@H]1NC(=O)[C@@H]1CCCN1C(=O)[C@@H](NC(=O)c1cccc(NC(C)=O)c1C)C(C)(C)C. The highest BCUT2D eigenvalue weighted by atomic mass is 16.7. The molecular weight excluding hydrogens is 492 g/mol. The summed E-state index contributed by atoms with van der Waals surface area (Å²) in [6.45, 7) is 11.1. The van der Waals surface area contributed by atoms with Crippen LogP contribution in [0.25, 0.3) is 0 Å². The minimum Gasteiger partial charge on any atom is -0.433 e. The van der Waals surface area contributed by atoms with E-state index in [9.17, 15) is 24.0 Å². The number of amides is 4. The predicted molar refractivity (Wildman–Crippen MR) is 139 cm³/mol. The van der Waals surface area contributed by atoms with E-state index in [0.717, 1.165) is 0 Å². The fourth-order valence-electron chi connectivity index (χ4n) is 4.78. The number of rotatable bonds is 8. The molecule has 208 valence electrons. The molecule has 38 heavy (non-hydrogen) atoms. The highest BCUT2D eigenvalue weighted by Crippen LogP contribution is 2.28. The van der Waals surface area contributed by atoms with Gasteiger partial charge in [0.15, 0.2) is 0 Å². The van der Waals surface area contributed by atoms with Gasteiger partial charge in [0.25, 0.3) is 5.91 Å². The normalized spacial score (nSPS) is 22.0. The Balaban J connectivity index is 1.77. The molecule has 1 aromatic rings. The Labute approximate surface area is 223 Å². The van der Waals surface area contributed by atoms with Gasteiger partial charge in [-0.2, -0.15) is 0 Å². The van der Waals surface area contributed by atoms with Crippen LogP contribution in [0.1, 0.15) is 69.8 Å². The maximum absolute atomic E-state index is 13.8. The number of esters is 1. The number of carbonyl (C=O) groups is 5. The van der Waals surface area contributed by atoms with E-state index in [2.05, 4.69) is 16.0 Å². The Kier molecular flexibility index (Phi) is 9.14. The van der Waals surface area contributed by atoms with Crippen molar-refractivity contribution in [2.75, 3.05) is 18.5 Å². The number of likely N-dealkylation sites (tertiary alicyclic amines) is 1. The van der Waals surface area contributed by atoms with Crippen LogP contribution in [0.5, 0.6) is 0 Å². The monoisotopic (exact) mass is 530 g/mol. The lowest BCUT2D eigenvalue weighted by atomic mass is 9.85. The number of nitrogens with zero attached hydrogens (tertiary/aromatic N) is 1. The summed E-state index contributed by atoms with van der Waals surface area (Å²) in [5, 5.41) is 8.40. The second kappa shape index (κ2) is 11.9. The zero-order valence-corrected chi connectivity index (χ0v) is 22.9. The number of carbonyl (C=O) groups excluding carboxylic acids is 5. The van der Waals surface area contributed by atoms with Crippen LogP contribution in [0.2, 0.25) is 0 Å². The molecular formula is C27H38N4O7. The van der Waals surface area contributed by atoms with Gasteiger partial charge in [0.05, 0.1) is 6.42 Å². The van der Waals surface area contributed by atoms with Crippen LogP contribution >= 0.6 is 0 Å². The first-order valence-corrected chi connectivity index (χ1v) is 12.9. The quantitative estimate of drug-likeness (QED) is 0.436. The van der Waals surface area contributed by atoms with Gasteiger partial charge in [0.1, 0.15) is 18.1 Å². The Hall–Kier alpha value is -3.47. The summed E-state index contributed by atoms with van der Waals surface area (Å²) in [5.41, 5.74) is 0.767. The molecule has 1 aromatic carbocycles. The Morgan fingerprint density at radius 2 is 1.92 bits per heavy atom. The minimum atomic E-state index is -0.917. The van der Waals surface area contributed by atoms with E-state index >= 15 is 0 Å². The summed E-state index contributed by atoms with van der Waals surface area (Å²) < 4.78 is 10.6. The van der Waals surface area contributed by atoms with Crippen molar-refractivity contribution in [1.82, 2.24) is 15.5 Å². The molecule has 11 nitrogen and oxygen atoms in total. The average Bonchev–Trinajstić information content (AvgIpc) is 3.44. The molecule has 0 aliphatic carbocycles. The van der Waals surface area contributed by atoms with Crippen LogP contribution < -0.4 is 16.0 Å². The van der Waals surface area contributed by atoms with Crippen LogP contribution in [0.3, 0.4) is 0 Å². The molecule has 0 spiro atoms. The van der Waals surface area contributed by atoms with Crippen molar-refractivity contribution in [3.05, 3.63) is 29.3 Å². The van der Waals surface area contributed by atoms with Gasteiger partial charge in [-0.15, -0.1) is 0 Å². The summed E-state index contributed by atoms with van der Waals surface area (Å²) in [7, 11) is 0. The van der Waals surface area contributed by atoms with Crippen molar-refractivity contribution in [3.8, 4) is 0 Å². The van der Waals surface area contributed by atoms with Gasteiger partial charge >= 0.3 is 5.97 Å². The van der Waals surface area contributed by atoms with Gasteiger partial charge in [0.2, 0.25) is 24.0 Å². The molecule has 4 atom stereocenters. The van der Waals surface area contributed by atoms with Crippen LogP contribution in [0, 0.1) is 12.3 Å². The average molecular weight is 531 g/mol. The summed E-state index contributed by atoms with van der Waals surface area (Å²) in [4.78, 5) is 65.1. The fourth-order valence-corrected chi connectivity index (χ4v) is 4.78. The highest BCUT2D eigenvalue weighted by molar-refractivity contribution is 6.01. The largest absolute Gasteiger partial charge is 0.433 e. The van der Waals surface area contributed by atoms with Crippen LogP contribution in [-0.4, -0.2) is 72.1 Å². The number of nitrogens with one attached hydrogen (secondary N) is 3. The van der Waals surface area contributed by atoms with E-state index in [4.69, 9.17) is 9.47 Å². The number of benzene rings is 1. The van der Waals surface area contributed by atoms with E-state index in [-0.39, 0.29) is 24.1 Å². The lowest BCUT2D eigenvalue weighted by Gasteiger charge is -2.35. The van der Waals surface area contributed by atoms with Gasteiger partial charge < -0.3 is 30.3 Å². The molecule has 2 heterocycles. The molecule has 0 saturated carbocycles. The van der Waals surface area contributed by atoms with E-state index in [1.54, 1.807) is 32.0 Å².